The molecule has 2 atom stereocenters. The van der Waals surface area contributed by atoms with Crippen molar-refractivity contribution in [2.45, 2.75) is 44.0 Å². The summed E-state index contributed by atoms with van der Waals surface area (Å²) in [6.07, 6.45) is 4.08. The Hall–Kier alpha value is 0.300. The van der Waals surface area contributed by atoms with Gasteiger partial charge < -0.3 is 5.32 Å². The van der Waals surface area contributed by atoms with Crippen molar-refractivity contribution in [2.75, 3.05) is 5.75 Å². The molecule has 0 amide bonds. The molecule has 0 aliphatic heterocycles. The molecule has 90 valence electrons. The Labute approximate surface area is 111 Å². The zero-order valence-electron chi connectivity index (χ0n) is 9.54. The maximum absolute atomic E-state index is 5.91. The van der Waals surface area contributed by atoms with Crippen LogP contribution in [0.15, 0.2) is 11.4 Å². The van der Waals surface area contributed by atoms with E-state index in [2.05, 4.69) is 30.1 Å². The highest BCUT2D eigenvalue weighted by molar-refractivity contribution is 7.99. The lowest BCUT2D eigenvalue weighted by atomic mass is 10.2. The number of nitrogens with one attached hydrogen (secondary N) is 1. The molecule has 1 heterocycles. The molecule has 0 saturated heterocycles. The summed E-state index contributed by atoms with van der Waals surface area (Å²) in [5.74, 6) is 1.23. The van der Waals surface area contributed by atoms with Gasteiger partial charge in [0.1, 0.15) is 0 Å². The van der Waals surface area contributed by atoms with E-state index >= 15 is 0 Å². The van der Waals surface area contributed by atoms with Crippen molar-refractivity contribution in [3.8, 4) is 0 Å². The smallest absolute Gasteiger partial charge is 0.0516 e. The average Bonchev–Trinajstić information content (AvgIpc) is 2.85. The summed E-state index contributed by atoms with van der Waals surface area (Å²) in [5, 5.41) is 7.37. The van der Waals surface area contributed by atoms with Crippen molar-refractivity contribution in [1.82, 2.24) is 5.32 Å². The highest BCUT2D eigenvalue weighted by Gasteiger charge is 2.26. The Morgan fingerprint density at radius 1 is 1.56 bits per heavy atom. The Balaban J connectivity index is 1.80. The van der Waals surface area contributed by atoms with Gasteiger partial charge in [0.05, 0.1) is 5.02 Å². The molecule has 0 radical (unpaired) electrons. The van der Waals surface area contributed by atoms with E-state index < -0.39 is 0 Å². The lowest BCUT2D eigenvalue weighted by Crippen LogP contribution is -2.33. The zero-order valence-corrected chi connectivity index (χ0v) is 11.9. The topological polar surface area (TPSA) is 12.0 Å². The monoisotopic (exact) mass is 275 g/mol. The van der Waals surface area contributed by atoms with Gasteiger partial charge in [0.2, 0.25) is 0 Å². The van der Waals surface area contributed by atoms with Crippen LogP contribution in [0.5, 0.6) is 0 Å². The van der Waals surface area contributed by atoms with Gasteiger partial charge in [-0.05, 0) is 24.7 Å². The third kappa shape index (κ3) is 3.39. The maximum Gasteiger partial charge on any atom is 0.0516 e. The van der Waals surface area contributed by atoms with Crippen molar-refractivity contribution in [1.29, 1.82) is 0 Å². The standard InChI is InChI=1S/C12H18ClNS2/c1-2-15-12-5-3-4-11(12)14-7-10-6-9(13)8-16-10/h6,8,11-12,14H,2-5,7H2,1H3. The Kier molecular flexibility index (Phi) is 5.01. The maximum atomic E-state index is 5.91. The molecular formula is C12H18ClNS2. The summed E-state index contributed by atoms with van der Waals surface area (Å²) in [6, 6.07) is 2.77. The summed E-state index contributed by atoms with van der Waals surface area (Å²) in [5.41, 5.74) is 0. The first-order chi connectivity index (χ1) is 7.79. The second kappa shape index (κ2) is 6.29. The van der Waals surface area contributed by atoms with Gasteiger partial charge in [0.25, 0.3) is 0 Å². The predicted molar refractivity (Wildman–Crippen MR) is 75.7 cm³/mol. The van der Waals surface area contributed by atoms with Crippen molar-refractivity contribution < 1.29 is 0 Å². The van der Waals surface area contributed by atoms with E-state index in [1.54, 1.807) is 11.3 Å². The first-order valence-electron chi connectivity index (χ1n) is 5.87. The van der Waals surface area contributed by atoms with Crippen LogP contribution < -0.4 is 5.32 Å². The van der Waals surface area contributed by atoms with Gasteiger partial charge in [0.15, 0.2) is 0 Å². The number of thiophene rings is 1. The van der Waals surface area contributed by atoms with E-state index in [9.17, 15) is 0 Å². The molecule has 2 rings (SSSR count). The van der Waals surface area contributed by atoms with Crippen molar-refractivity contribution in [3.05, 3.63) is 21.3 Å². The predicted octanol–water partition coefficient (Wildman–Crippen LogP) is 4.17. The van der Waals surface area contributed by atoms with Crippen LogP contribution in [0.4, 0.5) is 0 Å². The van der Waals surface area contributed by atoms with E-state index in [0.717, 1.165) is 16.8 Å². The second-order valence-electron chi connectivity index (χ2n) is 4.14. The van der Waals surface area contributed by atoms with E-state index in [4.69, 9.17) is 11.6 Å². The molecule has 1 aliphatic rings. The molecule has 2 unspecified atom stereocenters. The number of thioether (sulfide) groups is 1. The summed E-state index contributed by atoms with van der Waals surface area (Å²) in [6.45, 7) is 3.22. The normalized spacial score (nSPS) is 25.1. The van der Waals surface area contributed by atoms with Crippen LogP contribution in [0.3, 0.4) is 0 Å². The Bertz CT molecular complexity index is 327. The van der Waals surface area contributed by atoms with Crippen molar-refractivity contribution >= 4 is 34.7 Å². The zero-order chi connectivity index (χ0) is 11.4. The second-order valence-corrected chi connectivity index (χ2v) is 7.09. The van der Waals surface area contributed by atoms with E-state index in [1.165, 1.54) is 29.9 Å². The molecule has 0 spiro atoms. The first-order valence-corrected chi connectivity index (χ1v) is 8.18. The van der Waals surface area contributed by atoms with Crippen LogP contribution in [-0.2, 0) is 6.54 Å². The van der Waals surface area contributed by atoms with Gasteiger partial charge in [-0.3, -0.25) is 0 Å². The molecule has 4 heteroatoms. The van der Waals surface area contributed by atoms with Crippen LogP contribution >= 0.6 is 34.7 Å². The molecule has 1 aliphatic carbocycles. The van der Waals surface area contributed by atoms with Gasteiger partial charge in [-0.2, -0.15) is 11.8 Å². The Morgan fingerprint density at radius 3 is 3.12 bits per heavy atom. The molecule has 1 nitrogen and oxygen atoms in total. The minimum atomic E-state index is 0.700. The highest BCUT2D eigenvalue weighted by atomic mass is 35.5. The molecule has 0 bridgehead atoms. The fourth-order valence-corrected chi connectivity index (χ4v) is 4.50. The van der Waals surface area contributed by atoms with Gasteiger partial charge in [-0.15, -0.1) is 11.3 Å². The van der Waals surface area contributed by atoms with E-state index in [-0.39, 0.29) is 0 Å². The molecule has 0 aromatic carbocycles. The van der Waals surface area contributed by atoms with E-state index in [1.807, 2.05) is 5.38 Å². The van der Waals surface area contributed by atoms with Crippen molar-refractivity contribution in [2.24, 2.45) is 0 Å². The fourth-order valence-electron chi connectivity index (χ4n) is 2.25. The molecule has 1 aromatic heterocycles. The minimum absolute atomic E-state index is 0.700. The fraction of sp³-hybridized carbons (Fsp3) is 0.667. The highest BCUT2D eigenvalue weighted by Crippen LogP contribution is 2.30. The van der Waals surface area contributed by atoms with Crippen LogP contribution in [0.1, 0.15) is 31.1 Å². The molecule has 1 N–H and O–H groups in total. The summed E-state index contributed by atoms with van der Waals surface area (Å²) >= 11 is 9.76. The van der Waals surface area contributed by atoms with Crippen LogP contribution in [0.2, 0.25) is 5.02 Å². The minimum Gasteiger partial charge on any atom is -0.308 e. The average molecular weight is 276 g/mol. The molecular weight excluding hydrogens is 258 g/mol. The molecule has 1 fully saturated rings. The van der Waals surface area contributed by atoms with E-state index in [0.29, 0.717) is 6.04 Å². The summed E-state index contributed by atoms with van der Waals surface area (Å²) in [7, 11) is 0. The van der Waals surface area contributed by atoms with Crippen molar-refractivity contribution in [3.63, 3.8) is 0 Å². The SMILES string of the molecule is CCSC1CCCC1NCc1cc(Cl)cs1. The van der Waals surface area contributed by atoms with Gasteiger partial charge in [-0.25, -0.2) is 0 Å². The van der Waals surface area contributed by atoms with Crippen LogP contribution in [0.25, 0.3) is 0 Å². The Morgan fingerprint density at radius 2 is 2.44 bits per heavy atom. The number of halogens is 1. The lowest BCUT2D eigenvalue weighted by Gasteiger charge is -2.19. The molecule has 1 aromatic rings. The molecule has 1 saturated carbocycles. The molecule has 16 heavy (non-hydrogen) atoms. The quantitative estimate of drug-likeness (QED) is 0.866. The first kappa shape index (κ1) is 12.7. The third-order valence-electron chi connectivity index (χ3n) is 2.99. The largest absolute Gasteiger partial charge is 0.308 e. The van der Waals surface area contributed by atoms with Gasteiger partial charge in [0, 0.05) is 28.1 Å². The van der Waals surface area contributed by atoms with Crippen LogP contribution in [-0.4, -0.2) is 17.0 Å². The third-order valence-corrected chi connectivity index (χ3v) is 5.60. The number of hydrogen-bond donors (Lipinski definition) is 1. The number of hydrogen-bond acceptors (Lipinski definition) is 3. The van der Waals surface area contributed by atoms with Crippen LogP contribution in [0, 0.1) is 0 Å². The summed E-state index contributed by atoms with van der Waals surface area (Å²) in [4.78, 5) is 1.34. The van der Waals surface area contributed by atoms with Gasteiger partial charge >= 0.3 is 0 Å². The van der Waals surface area contributed by atoms with Gasteiger partial charge in [-0.1, -0.05) is 24.9 Å². The number of rotatable bonds is 5. The summed E-state index contributed by atoms with van der Waals surface area (Å²) < 4.78 is 0. The lowest BCUT2D eigenvalue weighted by molar-refractivity contribution is 0.535.